The first-order chi connectivity index (χ1) is 7.11. The van der Waals surface area contributed by atoms with Crippen LogP contribution in [0.25, 0.3) is 0 Å². The molecule has 3 N–H and O–H groups in total. The highest BCUT2D eigenvalue weighted by atomic mass is 16.4. The fourth-order valence-electron chi connectivity index (χ4n) is 1.30. The van der Waals surface area contributed by atoms with Crippen LogP contribution in [0.1, 0.15) is 32.6 Å². The number of nitrogens with two attached hydrogens (primary N) is 1. The number of amides is 1. The van der Waals surface area contributed by atoms with Crippen LogP contribution in [0.15, 0.2) is 0 Å². The maximum Gasteiger partial charge on any atom is 0.323 e. The van der Waals surface area contributed by atoms with E-state index in [1.54, 1.807) is 0 Å². The van der Waals surface area contributed by atoms with Crippen molar-refractivity contribution in [1.29, 1.82) is 0 Å². The van der Waals surface area contributed by atoms with Gasteiger partial charge < -0.3 is 15.7 Å². The van der Waals surface area contributed by atoms with Crippen molar-refractivity contribution in [2.24, 2.45) is 5.73 Å². The monoisotopic (exact) mass is 216 g/mol. The van der Waals surface area contributed by atoms with E-state index in [1.165, 1.54) is 4.90 Å². The second-order valence-corrected chi connectivity index (χ2v) is 3.45. The molecule has 0 aromatic heterocycles. The maximum absolute atomic E-state index is 11.6. The molecule has 0 aliphatic rings. The van der Waals surface area contributed by atoms with Gasteiger partial charge in [0.05, 0.1) is 0 Å². The molecule has 0 saturated heterocycles. The van der Waals surface area contributed by atoms with E-state index >= 15 is 0 Å². The van der Waals surface area contributed by atoms with Crippen LogP contribution >= 0.6 is 0 Å². The summed E-state index contributed by atoms with van der Waals surface area (Å²) in [6, 6.07) is 0. The molecule has 0 bridgehead atoms. The van der Waals surface area contributed by atoms with Gasteiger partial charge in [0.15, 0.2) is 0 Å². The lowest BCUT2D eigenvalue weighted by Crippen LogP contribution is -2.36. The molecule has 0 aliphatic carbocycles. The summed E-state index contributed by atoms with van der Waals surface area (Å²) in [4.78, 5) is 23.5. The highest BCUT2D eigenvalue weighted by Crippen LogP contribution is 2.01. The molecule has 0 atom stereocenters. The summed E-state index contributed by atoms with van der Waals surface area (Å²) in [5, 5.41) is 8.62. The predicted octanol–water partition coefficient (Wildman–Crippen LogP) is 0.439. The van der Waals surface area contributed by atoms with Crippen molar-refractivity contribution >= 4 is 11.9 Å². The molecule has 0 unspecified atom stereocenters. The molecule has 0 spiro atoms. The van der Waals surface area contributed by atoms with E-state index in [9.17, 15) is 9.59 Å². The van der Waals surface area contributed by atoms with E-state index in [4.69, 9.17) is 10.8 Å². The van der Waals surface area contributed by atoms with Crippen molar-refractivity contribution in [2.75, 3.05) is 19.6 Å². The first-order valence-electron chi connectivity index (χ1n) is 5.31. The average molecular weight is 216 g/mol. The normalized spacial score (nSPS) is 10.0. The molecule has 0 aromatic carbocycles. The topological polar surface area (TPSA) is 83.6 Å². The lowest BCUT2D eigenvalue weighted by molar-refractivity contribution is -0.144. The fourth-order valence-corrected chi connectivity index (χ4v) is 1.30. The van der Waals surface area contributed by atoms with Crippen LogP contribution in [0, 0.1) is 0 Å². The number of unbranched alkanes of at least 4 members (excludes halogenated alkanes) is 1. The van der Waals surface area contributed by atoms with Crippen LogP contribution in [0.4, 0.5) is 0 Å². The molecule has 0 radical (unpaired) electrons. The number of hydrogen-bond acceptors (Lipinski definition) is 3. The summed E-state index contributed by atoms with van der Waals surface area (Å²) >= 11 is 0. The smallest absolute Gasteiger partial charge is 0.323 e. The highest BCUT2D eigenvalue weighted by Gasteiger charge is 2.14. The van der Waals surface area contributed by atoms with Crippen molar-refractivity contribution in [3.63, 3.8) is 0 Å². The Morgan fingerprint density at radius 1 is 1.33 bits per heavy atom. The Morgan fingerprint density at radius 2 is 2.00 bits per heavy atom. The third kappa shape index (κ3) is 6.90. The van der Waals surface area contributed by atoms with Crippen molar-refractivity contribution in [2.45, 2.75) is 32.6 Å². The molecular weight excluding hydrogens is 196 g/mol. The minimum Gasteiger partial charge on any atom is -0.480 e. The van der Waals surface area contributed by atoms with E-state index in [0.717, 1.165) is 19.3 Å². The van der Waals surface area contributed by atoms with E-state index in [2.05, 4.69) is 0 Å². The molecule has 0 rings (SSSR count). The van der Waals surface area contributed by atoms with E-state index in [1.807, 2.05) is 6.92 Å². The molecule has 0 saturated carbocycles. The Morgan fingerprint density at radius 3 is 2.47 bits per heavy atom. The first kappa shape index (κ1) is 13.9. The van der Waals surface area contributed by atoms with Gasteiger partial charge in [-0.2, -0.15) is 0 Å². The number of carboxylic acids is 1. The summed E-state index contributed by atoms with van der Waals surface area (Å²) in [5.41, 5.74) is 5.31. The number of carboxylic acid groups (broad SMARTS) is 1. The van der Waals surface area contributed by atoms with Crippen LogP contribution in [0.5, 0.6) is 0 Å². The zero-order valence-electron chi connectivity index (χ0n) is 9.24. The number of carbonyl (C=O) groups is 2. The van der Waals surface area contributed by atoms with Gasteiger partial charge in [0.25, 0.3) is 0 Å². The van der Waals surface area contributed by atoms with Crippen molar-refractivity contribution in [1.82, 2.24) is 4.90 Å². The molecule has 5 heteroatoms. The Labute approximate surface area is 90.2 Å². The Bertz CT molecular complexity index is 207. The maximum atomic E-state index is 11.6. The quantitative estimate of drug-likeness (QED) is 0.577. The molecule has 0 aromatic rings. The van der Waals surface area contributed by atoms with E-state index in [-0.39, 0.29) is 12.5 Å². The van der Waals surface area contributed by atoms with Gasteiger partial charge in [-0.1, -0.05) is 6.92 Å². The standard InChI is InChI=1S/C10H20N2O3/c1-2-7-12(8-10(14)15)9(13)5-3-4-6-11/h2-8,11H2,1H3,(H,14,15). The summed E-state index contributed by atoms with van der Waals surface area (Å²) < 4.78 is 0. The number of nitrogens with zero attached hydrogens (tertiary/aromatic N) is 1. The van der Waals surface area contributed by atoms with Crippen molar-refractivity contribution in [3.05, 3.63) is 0 Å². The largest absolute Gasteiger partial charge is 0.480 e. The van der Waals surface area contributed by atoms with Crippen LogP contribution < -0.4 is 5.73 Å². The molecule has 88 valence electrons. The second kappa shape index (κ2) is 8.23. The van der Waals surface area contributed by atoms with Crippen molar-refractivity contribution < 1.29 is 14.7 Å². The number of rotatable bonds is 8. The fraction of sp³-hybridized carbons (Fsp3) is 0.800. The Kier molecular flexibility index (Phi) is 7.62. The van der Waals surface area contributed by atoms with Crippen LogP contribution in [0.3, 0.4) is 0 Å². The lowest BCUT2D eigenvalue weighted by Gasteiger charge is -2.19. The second-order valence-electron chi connectivity index (χ2n) is 3.45. The van der Waals surface area contributed by atoms with E-state index in [0.29, 0.717) is 19.5 Å². The predicted molar refractivity (Wildman–Crippen MR) is 57.4 cm³/mol. The Hall–Kier alpha value is -1.10. The van der Waals surface area contributed by atoms with Crippen LogP contribution in [-0.4, -0.2) is 41.5 Å². The SMILES string of the molecule is CCCN(CC(=O)O)C(=O)CCCCN. The van der Waals surface area contributed by atoms with Gasteiger partial charge in [-0.05, 0) is 25.8 Å². The summed E-state index contributed by atoms with van der Waals surface area (Å²) in [7, 11) is 0. The van der Waals surface area contributed by atoms with Gasteiger partial charge in [0, 0.05) is 13.0 Å². The molecular formula is C10H20N2O3. The van der Waals surface area contributed by atoms with Gasteiger partial charge in [-0.15, -0.1) is 0 Å². The highest BCUT2D eigenvalue weighted by molar-refractivity contribution is 5.81. The van der Waals surface area contributed by atoms with Gasteiger partial charge in [0.2, 0.25) is 5.91 Å². The number of hydrogen-bond donors (Lipinski definition) is 2. The molecule has 0 aliphatic heterocycles. The molecule has 15 heavy (non-hydrogen) atoms. The third-order valence-electron chi connectivity index (χ3n) is 2.02. The number of aliphatic carboxylic acids is 1. The zero-order chi connectivity index (χ0) is 11.7. The minimum absolute atomic E-state index is 0.0901. The van der Waals surface area contributed by atoms with Gasteiger partial charge in [0.1, 0.15) is 6.54 Å². The third-order valence-corrected chi connectivity index (χ3v) is 2.02. The average Bonchev–Trinajstić information content (AvgIpc) is 2.17. The Balaban J connectivity index is 3.98. The molecule has 1 amide bonds. The van der Waals surface area contributed by atoms with Gasteiger partial charge in [-0.25, -0.2) is 0 Å². The summed E-state index contributed by atoms with van der Waals surface area (Å²) in [6.07, 6.45) is 2.70. The van der Waals surface area contributed by atoms with Gasteiger partial charge >= 0.3 is 5.97 Å². The van der Waals surface area contributed by atoms with Crippen LogP contribution in [-0.2, 0) is 9.59 Å². The molecule has 0 heterocycles. The number of carbonyl (C=O) groups excluding carboxylic acids is 1. The molecule has 0 fully saturated rings. The van der Waals surface area contributed by atoms with E-state index < -0.39 is 5.97 Å². The molecule has 5 nitrogen and oxygen atoms in total. The van der Waals surface area contributed by atoms with Crippen molar-refractivity contribution in [3.8, 4) is 0 Å². The van der Waals surface area contributed by atoms with Crippen LogP contribution in [0.2, 0.25) is 0 Å². The minimum atomic E-state index is -0.962. The summed E-state index contributed by atoms with van der Waals surface area (Å²) in [5.74, 6) is -1.05. The first-order valence-corrected chi connectivity index (χ1v) is 5.31. The lowest BCUT2D eigenvalue weighted by atomic mass is 10.2. The summed E-state index contributed by atoms with van der Waals surface area (Å²) in [6.45, 7) is 2.80. The zero-order valence-corrected chi connectivity index (χ0v) is 9.24. The van der Waals surface area contributed by atoms with Gasteiger partial charge in [-0.3, -0.25) is 9.59 Å².